The van der Waals surface area contributed by atoms with Gasteiger partial charge in [0.15, 0.2) is 0 Å². The first-order valence-electron chi connectivity index (χ1n) is 4.84. The van der Waals surface area contributed by atoms with Crippen LogP contribution in [0.15, 0.2) is 0 Å². The number of ether oxygens (including phenoxy) is 1. The van der Waals surface area contributed by atoms with Gasteiger partial charge in [-0.2, -0.15) is 0 Å². The Bertz CT molecular complexity index is 164. The maximum absolute atomic E-state index is 10.7. The van der Waals surface area contributed by atoms with Crippen molar-refractivity contribution in [2.24, 2.45) is 5.92 Å². The number of esters is 1. The van der Waals surface area contributed by atoms with E-state index in [0.717, 1.165) is 6.42 Å². The van der Waals surface area contributed by atoms with Crippen molar-refractivity contribution in [3.63, 3.8) is 0 Å². The lowest BCUT2D eigenvalue weighted by Gasteiger charge is -2.03. The third-order valence-electron chi connectivity index (χ3n) is 1.22. The topological polar surface area (TPSA) is 63.6 Å². The zero-order chi connectivity index (χ0) is 11.6. The highest BCUT2D eigenvalue weighted by Gasteiger charge is 2.05. The van der Waals surface area contributed by atoms with Gasteiger partial charge in [-0.25, -0.2) is 0 Å². The Labute approximate surface area is 85.3 Å². The van der Waals surface area contributed by atoms with E-state index in [1.165, 1.54) is 0 Å². The van der Waals surface area contributed by atoms with Crippen molar-refractivity contribution < 1.29 is 19.4 Å². The van der Waals surface area contributed by atoms with Crippen LogP contribution in [0.5, 0.6) is 0 Å². The van der Waals surface area contributed by atoms with Gasteiger partial charge in [0.25, 0.3) is 0 Å². The first-order valence-corrected chi connectivity index (χ1v) is 4.84. The average Bonchev–Trinajstić information content (AvgIpc) is 2.14. The molecule has 0 saturated heterocycles. The number of carboxylic acids is 1. The highest BCUT2D eigenvalue weighted by molar-refractivity contribution is 5.71. The summed E-state index contributed by atoms with van der Waals surface area (Å²) < 4.78 is 4.81. The van der Waals surface area contributed by atoms with Gasteiger partial charge in [0, 0.05) is 6.42 Å². The maximum Gasteiger partial charge on any atom is 0.308 e. The molecule has 0 bridgehead atoms. The molecule has 0 heterocycles. The number of carbonyl (C=O) groups excluding carboxylic acids is 1. The summed E-state index contributed by atoms with van der Waals surface area (Å²) >= 11 is 0. The third kappa shape index (κ3) is 13.5. The van der Waals surface area contributed by atoms with E-state index in [2.05, 4.69) is 0 Å². The van der Waals surface area contributed by atoms with Crippen LogP contribution in [-0.4, -0.2) is 23.7 Å². The van der Waals surface area contributed by atoms with Gasteiger partial charge in [-0.15, -0.1) is 0 Å². The fourth-order valence-corrected chi connectivity index (χ4v) is 0.369. The Kier molecular flexibility index (Phi) is 11.0. The average molecular weight is 204 g/mol. The van der Waals surface area contributed by atoms with Crippen molar-refractivity contribution in [3.05, 3.63) is 0 Å². The molecule has 0 rings (SSSR count). The molecule has 0 aromatic carbocycles. The molecule has 0 amide bonds. The highest BCUT2D eigenvalue weighted by atomic mass is 16.5. The molecule has 0 aromatic heterocycles. The smallest absolute Gasteiger partial charge is 0.308 e. The number of carbonyl (C=O) groups is 2. The zero-order valence-corrected chi connectivity index (χ0v) is 9.37. The molecule has 0 unspecified atom stereocenters. The Morgan fingerprint density at radius 1 is 1.29 bits per heavy atom. The number of aliphatic carboxylic acids is 1. The lowest BCUT2D eigenvalue weighted by molar-refractivity contribution is -0.147. The molecule has 0 aliphatic carbocycles. The molecular formula is C10H20O4. The lowest BCUT2D eigenvalue weighted by atomic mass is 10.2. The molecule has 0 spiro atoms. The lowest BCUT2D eigenvalue weighted by Crippen LogP contribution is -2.11. The molecule has 84 valence electrons. The summed E-state index contributed by atoms with van der Waals surface area (Å²) in [4.78, 5) is 20.0. The first-order chi connectivity index (χ1) is 6.45. The van der Waals surface area contributed by atoms with Gasteiger partial charge in [0.1, 0.15) is 0 Å². The Hall–Kier alpha value is -1.06. The molecule has 0 aromatic rings. The molecule has 0 fully saturated rings. The second-order valence-corrected chi connectivity index (χ2v) is 3.07. The van der Waals surface area contributed by atoms with Crippen molar-refractivity contribution >= 4 is 11.9 Å². The summed E-state index contributed by atoms with van der Waals surface area (Å²) in [5, 5.41) is 7.72. The van der Waals surface area contributed by atoms with E-state index >= 15 is 0 Å². The minimum absolute atomic E-state index is 0.0107. The van der Waals surface area contributed by atoms with Crippen LogP contribution in [0, 0.1) is 5.92 Å². The summed E-state index contributed by atoms with van der Waals surface area (Å²) in [5.74, 6) is -0.835. The Morgan fingerprint density at radius 3 is 1.93 bits per heavy atom. The van der Waals surface area contributed by atoms with Crippen molar-refractivity contribution in [1.29, 1.82) is 0 Å². The van der Waals surface area contributed by atoms with Crippen LogP contribution < -0.4 is 0 Å². The molecule has 14 heavy (non-hydrogen) atoms. The molecule has 0 aliphatic heterocycles. The van der Waals surface area contributed by atoms with Crippen LogP contribution in [0.1, 0.15) is 40.5 Å². The van der Waals surface area contributed by atoms with Crippen molar-refractivity contribution in [1.82, 2.24) is 0 Å². The molecule has 4 nitrogen and oxygen atoms in total. The SMILES string of the molecule is CCC(=O)O.CCCOC(=O)C(C)C. The second-order valence-electron chi connectivity index (χ2n) is 3.07. The molecule has 1 N–H and O–H groups in total. The summed E-state index contributed by atoms with van der Waals surface area (Å²) in [6.07, 6.45) is 1.12. The van der Waals surface area contributed by atoms with E-state index < -0.39 is 5.97 Å². The molecule has 4 heteroatoms. The fraction of sp³-hybridized carbons (Fsp3) is 0.800. The maximum atomic E-state index is 10.7. The summed E-state index contributed by atoms with van der Waals surface area (Å²) in [6, 6.07) is 0. The summed E-state index contributed by atoms with van der Waals surface area (Å²) in [6.45, 7) is 7.79. The number of hydrogen-bond acceptors (Lipinski definition) is 3. The van der Waals surface area contributed by atoms with Gasteiger partial charge in [0.05, 0.1) is 12.5 Å². The monoisotopic (exact) mass is 204 g/mol. The van der Waals surface area contributed by atoms with Crippen molar-refractivity contribution in [2.45, 2.75) is 40.5 Å². The van der Waals surface area contributed by atoms with Crippen molar-refractivity contribution in [3.8, 4) is 0 Å². The number of carboxylic acid groups (broad SMARTS) is 1. The Balaban J connectivity index is 0. The van der Waals surface area contributed by atoms with E-state index in [4.69, 9.17) is 9.84 Å². The van der Waals surface area contributed by atoms with Gasteiger partial charge < -0.3 is 9.84 Å². The normalized spacial score (nSPS) is 8.93. The van der Waals surface area contributed by atoms with Crippen LogP contribution >= 0.6 is 0 Å². The highest BCUT2D eigenvalue weighted by Crippen LogP contribution is 1.95. The van der Waals surface area contributed by atoms with Crippen LogP contribution in [0.4, 0.5) is 0 Å². The number of rotatable bonds is 4. The minimum Gasteiger partial charge on any atom is -0.481 e. The Morgan fingerprint density at radius 2 is 1.71 bits per heavy atom. The summed E-state index contributed by atoms with van der Waals surface area (Å²) in [5.41, 5.74) is 0. The van der Waals surface area contributed by atoms with E-state index in [9.17, 15) is 9.59 Å². The third-order valence-corrected chi connectivity index (χ3v) is 1.22. The summed E-state index contributed by atoms with van der Waals surface area (Å²) in [7, 11) is 0. The van der Waals surface area contributed by atoms with Gasteiger partial charge in [-0.05, 0) is 6.42 Å². The second kappa shape index (κ2) is 10.0. The molecule has 0 saturated carbocycles. The van der Waals surface area contributed by atoms with E-state index in [1.54, 1.807) is 6.92 Å². The van der Waals surface area contributed by atoms with Gasteiger partial charge in [-0.3, -0.25) is 9.59 Å². The predicted molar refractivity (Wildman–Crippen MR) is 54.0 cm³/mol. The standard InChI is InChI=1S/C7H14O2.C3H6O2/c1-4-5-9-7(8)6(2)3;1-2-3(4)5/h6H,4-5H2,1-3H3;2H2,1H3,(H,4,5). The molecule has 0 aliphatic rings. The molecule has 0 radical (unpaired) electrons. The molecule has 0 atom stereocenters. The van der Waals surface area contributed by atoms with Crippen LogP contribution in [0.3, 0.4) is 0 Å². The van der Waals surface area contributed by atoms with Gasteiger partial charge in [0.2, 0.25) is 0 Å². The van der Waals surface area contributed by atoms with Crippen LogP contribution in [0.2, 0.25) is 0 Å². The van der Waals surface area contributed by atoms with E-state index in [1.807, 2.05) is 20.8 Å². The molecular weight excluding hydrogens is 184 g/mol. The minimum atomic E-state index is -0.745. The quantitative estimate of drug-likeness (QED) is 0.712. The zero-order valence-electron chi connectivity index (χ0n) is 9.37. The van der Waals surface area contributed by atoms with Gasteiger partial charge in [-0.1, -0.05) is 27.7 Å². The van der Waals surface area contributed by atoms with Crippen molar-refractivity contribution in [2.75, 3.05) is 6.61 Å². The fourth-order valence-electron chi connectivity index (χ4n) is 0.369. The first kappa shape index (κ1) is 15.4. The van der Waals surface area contributed by atoms with Crippen LogP contribution in [-0.2, 0) is 14.3 Å². The van der Waals surface area contributed by atoms with E-state index in [0.29, 0.717) is 6.61 Å². The van der Waals surface area contributed by atoms with Gasteiger partial charge >= 0.3 is 11.9 Å². The largest absolute Gasteiger partial charge is 0.481 e. The predicted octanol–water partition coefficient (Wildman–Crippen LogP) is 2.08. The number of hydrogen-bond donors (Lipinski definition) is 1. The van der Waals surface area contributed by atoms with Crippen LogP contribution in [0.25, 0.3) is 0 Å². The van der Waals surface area contributed by atoms with E-state index in [-0.39, 0.29) is 18.3 Å².